The molecular weight excluding hydrogens is 285 g/mol. The van der Waals surface area contributed by atoms with Gasteiger partial charge in [0.05, 0.1) is 0 Å². The third-order valence-corrected chi connectivity index (χ3v) is 4.34. The minimum Gasteiger partial charge on any atom is -0.330 e. The first-order valence-electron chi connectivity index (χ1n) is 6.73. The molecule has 1 aliphatic heterocycles. The molecule has 1 fully saturated rings. The van der Waals surface area contributed by atoms with Crippen LogP contribution in [0.3, 0.4) is 0 Å². The molecule has 0 aliphatic carbocycles. The third kappa shape index (κ3) is 5.00. The number of likely N-dealkylation sites (tertiary alicyclic amines) is 1. The summed E-state index contributed by atoms with van der Waals surface area (Å²) >= 11 is -0.0687. The first-order valence-corrected chi connectivity index (χ1v) is 7.55. The summed E-state index contributed by atoms with van der Waals surface area (Å²) in [7, 11) is 0. The molecular formula is C14H19F3N2S. The summed E-state index contributed by atoms with van der Waals surface area (Å²) in [6.07, 6.45) is 2.22. The van der Waals surface area contributed by atoms with Gasteiger partial charge in [-0.05, 0) is 67.9 Å². The van der Waals surface area contributed by atoms with Gasteiger partial charge in [-0.3, -0.25) is 4.90 Å². The highest BCUT2D eigenvalue weighted by molar-refractivity contribution is 8.00. The SMILES string of the molecule is NCC1CCN(Cc2ccc(SC(F)(F)F)cc2)CC1. The Morgan fingerprint density at radius 1 is 1.15 bits per heavy atom. The molecule has 1 aromatic carbocycles. The van der Waals surface area contributed by atoms with Crippen LogP contribution in [0.4, 0.5) is 13.2 Å². The molecule has 2 N–H and O–H groups in total. The van der Waals surface area contributed by atoms with Gasteiger partial charge in [0.25, 0.3) is 0 Å². The first kappa shape index (κ1) is 15.7. The van der Waals surface area contributed by atoms with Gasteiger partial charge < -0.3 is 5.73 Å². The second-order valence-electron chi connectivity index (χ2n) is 5.15. The molecule has 0 atom stereocenters. The predicted molar refractivity (Wildman–Crippen MR) is 75.4 cm³/mol. The molecule has 0 saturated carbocycles. The highest BCUT2D eigenvalue weighted by Crippen LogP contribution is 2.36. The number of hydrogen-bond donors (Lipinski definition) is 1. The molecule has 0 aromatic heterocycles. The van der Waals surface area contributed by atoms with E-state index in [9.17, 15) is 13.2 Å². The lowest BCUT2D eigenvalue weighted by molar-refractivity contribution is -0.0328. The van der Waals surface area contributed by atoms with Crippen LogP contribution in [0.1, 0.15) is 18.4 Å². The number of nitrogens with two attached hydrogens (primary N) is 1. The number of nitrogens with zero attached hydrogens (tertiary/aromatic N) is 1. The molecule has 1 saturated heterocycles. The lowest BCUT2D eigenvalue weighted by Crippen LogP contribution is -2.35. The molecule has 2 rings (SSSR count). The summed E-state index contributed by atoms with van der Waals surface area (Å²) in [5, 5.41) is 0. The van der Waals surface area contributed by atoms with Gasteiger partial charge >= 0.3 is 5.51 Å². The fraction of sp³-hybridized carbons (Fsp3) is 0.571. The second-order valence-corrected chi connectivity index (χ2v) is 6.29. The largest absolute Gasteiger partial charge is 0.446 e. The van der Waals surface area contributed by atoms with Crippen LogP contribution in [-0.4, -0.2) is 30.0 Å². The Bertz CT molecular complexity index is 411. The van der Waals surface area contributed by atoms with Crippen molar-refractivity contribution in [1.29, 1.82) is 0 Å². The van der Waals surface area contributed by atoms with Crippen molar-refractivity contribution in [2.24, 2.45) is 11.7 Å². The molecule has 112 valence electrons. The molecule has 1 heterocycles. The van der Waals surface area contributed by atoms with E-state index in [-0.39, 0.29) is 16.7 Å². The van der Waals surface area contributed by atoms with Crippen LogP contribution >= 0.6 is 11.8 Å². The topological polar surface area (TPSA) is 29.3 Å². The van der Waals surface area contributed by atoms with Crippen LogP contribution in [0, 0.1) is 5.92 Å². The first-order chi connectivity index (χ1) is 9.46. The summed E-state index contributed by atoms with van der Waals surface area (Å²) in [5.41, 5.74) is 2.50. The molecule has 0 bridgehead atoms. The molecule has 0 radical (unpaired) electrons. The van der Waals surface area contributed by atoms with Crippen molar-refractivity contribution in [3.05, 3.63) is 29.8 Å². The summed E-state index contributed by atoms with van der Waals surface area (Å²) in [4.78, 5) is 2.57. The molecule has 6 heteroatoms. The van der Waals surface area contributed by atoms with Crippen LogP contribution in [-0.2, 0) is 6.54 Å². The summed E-state index contributed by atoms with van der Waals surface area (Å²) in [5.74, 6) is 0.622. The number of alkyl halides is 3. The average molecular weight is 304 g/mol. The minimum atomic E-state index is -4.22. The minimum absolute atomic E-state index is 0.0687. The predicted octanol–water partition coefficient (Wildman–Crippen LogP) is 3.47. The van der Waals surface area contributed by atoms with Crippen molar-refractivity contribution in [3.63, 3.8) is 0 Å². The number of benzene rings is 1. The Morgan fingerprint density at radius 2 is 1.75 bits per heavy atom. The Balaban J connectivity index is 1.85. The van der Waals surface area contributed by atoms with Crippen LogP contribution < -0.4 is 5.73 Å². The van der Waals surface area contributed by atoms with Crippen molar-refractivity contribution in [1.82, 2.24) is 4.90 Å². The molecule has 0 spiro atoms. The highest BCUT2D eigenvalue weighted by atomic mass is 32.2. The summed E-state index contributed by atoms with van der Waals surface area (Å²) in [6, 6.07) is 6.65. The number of hydrogen-bond acceptors (Lipinski definition) is 3. The van der Waals surface area contributed by atoms with Crippen LogP contribution in [0.25, 0.3) is 0 Å². The van der Waals surface area contributed by atoms with E-state index in [4.69, 9.17) is 5.73 Å². The number of rotatable bonds is 4. The second kappa shape index (κ2) is 6.83. The van der Waals surface area contributed by atoms with Gasteiger partial charge in [0.2, 0.25) is 0 Å². The summed E-state index contributed by atoms with van der Waals surface area (Å²) in [6.45, 7) is 3.58. The lowest BCUT2D eigenvalue weighted by atomic mass is 9.97. The monoisotopic (exact) mass is 304 g/mol. The fourth-order valence-electron chi connectivity index (χ4n) is 2.43. The molecule has 20 heavy (non-hydrogen) atoms. The van der Waals surface area contributed by atoms with E-state index in [0.29, 0.717) is 5.92 Å². The van der Waals surface area contributed by atoms with E-state index in [1.54, 1.807) is 24.3 Å². The quantitative estimate of drug-likeness (QED) is 0.864. The Kier molecular flexibility index (Phi) is 5.35. The van der Waals surface area contributed by atoms with Gasteiger partial charge in [-0.25, -0.2) is 0 Å². The summed E-state index contributed by atoms with van der Waals surface area (Å²) < 4.78 is 36.7. The van der Waals surface area contributed by atoms with Gasteiger partial charge in [-0.1, -0.05) is 12.1 Å². The average Bonchev–Trinajstić information content (AvgIpc) is 2.40. The van der Waals surface area contributed by atoms with Crippen molar-refractivity contribution in [3.8, 4) is 0 Å². The van der Waals surface area contributed by atoms with Gasteiger partial charge in [-0.15, -0.1) is 0 Å². The number of thioether (sulfide) groups is 1. The van der Waals surface area contributed by atoms with E-state index < -0.39 is 5.51 Å². The van der Waals surface area contributed by atoms with Gasteiger partial charge in [0.15, 0.2) is 0 Å². The molecule has 0 unspecified atom stereocenters. The molecule has 2 nitrogen and oxygen atoms in total. The Labute approximate surface area is 121 Å². The zero-order valence-corrected chi connectivity index (χ0v) is 12.0. The van der Waals surface area contributed by atoms with Crippen LogP contribution in [0.2, 0.25) is 0 Å². The standard InChI is InChI=1S/C14H19F3N2S/c15-14(16,17)20-13-3-1-12(2-4-13)10-19-7-5-11(9-18)6-8-19/h1-4,11H,5-10,18H2. The lowest BCUT2D eigenvalue weighted by Gasteiger charge is -2.31. The fourth-order valence-corrected chi connectivity index (χ4v) is 2.97. The third-order valence-electron chi connectivity index (χ3n) is 3.60. The number of piperidine rings is 1. The van der Waals surface area contributed by atoms with Gasteiger partial charge in [0, 0.05) is 11.4 Å². The molecule has 1 aromatic rings. The highest BCUT2D eigenvalue weighted by Gasteiger charge is 2.29. The smallest absolute Gasteiger partial charge is 0.330 e. The van der Waals surface area contributed by atoms with E-state index >= 15 is 0 Å². The van der Waals surface area contributed by atoms with E-state index in [1.165, 1.54) is 0 Å². The Morgan fingerprint density at radius 3 is 2.25 bits per heavy atom. The van der Waals surface area contributed by atoms with Gasteiger partial charge in [-0.2, -0.15) is 13.2 Å². The zero-order valence-electron chi connectivity index (χ0n) is 11.2. The van der Waals surface area contributed by atoms with E-state index in [1.807, 2.05) is 0 Å². The Hall–Kier alpha value is -0.720. The maximum absolute atomic E-state index is 12.2. The maximum Gasteiger partial charge on any atom is 0.446 e. The number of halogens is 3. The maximum atomic E-state index is 12.2. The van der Waals surface area contributed by atoms with E-state index in [2.05, 4.69) is 4.90 Å². The van der Waals surface area contributed by atoms with Crippen LogP contribution in [0.5, 0.6) is 0 Å². The van der Waals surface area contributed by atoms with Crippen molar-refractivity contribution in [2.45, 2.75) is 29.8 Å². The van der Waals surface area contributed by atoms with Gasteiger partial charge in [0.1, 0.15) is 0 Å². The van der Waals surface area contributed by atoms with Crippen molar-refractivity contribution in [2.75, 3.05) is 19.6 Å². The van der Waals surface area contributed by atoms with Crippen molar-refractivity contribution >= 4 is 11.8 Å². The van der Waals surface area contributed by atoms with Crippen molar-refractivity contribution < 1.29 is 13.2 Å². The molecule has 1 aliphatic rings. The zero-order chi connectivity index (χ0) is 14.6. The normalized spacial score (nSPS) is 18.4. The van der Waals surface area contributed by atoms with Crippen LogP contribution in [0.15, 0.2) is 29.2 Å². The van der Waals surface area contributed by atoms with E-state index in [0.717, 1.165) is 44.6 Å². The molecule has 0 amide bonds.